The third-order valence-electron chi connectivity index (χ3n) is 6.96. The minimum absolute atomic E-state index is 0.00135. The Bertz CT molecular complexity index is 745. The van der Waals surface area contributed by atoms with Gasteiger partial charge in [0, 0.05) is 50.9 Å². The summed E-state index contributed by atoms with van der Waals surface area (Å²) in [5, 5.41) is 10.8. The fraction of sp³-hybridized carbons (Fsp3) is 0.636. The van der Waals surface area contributed by atoms with Crippen molar-refractivity contribution in [1.29, 1.82) is 0 Å². The number of hydrogen-bond acceptors (Lipinski definition) is 6. The van der Waals surface area contributed by atoms with Crippen LogP contribution in [-0.4, -0.2) is 97.3 Å². The van der Waals surface area contributed by atoms with E-state index in [1.54, 1.807) is 24.3 Å². The molecule has 7 nitrogen and oxygen atoms in total. The summed E-state index contributed by atoms with van der Waals surface area (Å²) in [7, 11) is 3.49. The van der Waals surface area contributed by atoms with Crippen LogP contribution in [0, 0.1) is 11.8 Å². The Labute approximate surface area is 172 Å². The molecule has 29 heavy (non-hydrogen) atoms. The van der Waals surface area contributed by atoms with E-state index in [0.717, 1.165) is 45.6 Å². The van der Waals surface area contributed by atoms with Crippen molar-refractivity contribution in [2.24, 2.45) is 11.8 Å². The predicted octanol–water partition coefficient (Wildman–Crippen LogP) is 0.932. The lowest BCUT2D eigenvalue weighted by Gasteiger charge is -2.44. The number of aliphatic hydroxyl groups is 1. The van der Waals surface area contributed by atoms with Crippen molar-refractivity contribution in [3.05, 3.63) is 35.4 Å². The largest absolute Gasteiger partial charge is 0.465 e. The second kappa shape index (κ2) is 8.42. The standard InChI is InChI=1S/C22H31N3O4/c1-23-7-9-24(10-8-23)19-11-17-13-25(14-18(17)12-20(19)26)21(27)15-3-5-16(6-4-15)22(28)29-2/h3-6,17-20,26H,7-14H2,1-2H3/t17-,18+,19-,20-/m1/s1. The molecular formula is C22H31N3O4. The third kappa shape index (κ3) is 4.17. The molecule has 1 aliphatic carbocycles. The minimum atomic E-state index is -0.403. The van der Waals surface area contributed by atoms with Crippen molar-refractivity contribution in [2.45, 2.75) is 25.0 Å². The van der Waals surface area contributed by atoms with Crippen LogP contribution < -0.4 is 0 Å². The number of piperazine rings is 1. The quantitative estimate of drug-likeness (QED) is 0.760. The molecule has 4 rings (SSSR count). The number of carbonyl (C=O) groups is 2. The van der Waals surface area contributed by atoms with Crippen LogP contribution in [-0.2, 0) is 4.74 Å². The van der Waals surface area contributed by atoms with Crippen molar-refractivity contribution in [2.75, 3.05) is 53.4 Å². The van der Waals surface area contributed by atoms with Crippen LogP contribution in [0.15, 0.2) is 24.3 Å². The van der Waals surface area contributed by atoms with E-state index in [1.807, 2.05) is 4.90 Å². The van der Waals surface area contributed by atoms with Gasteiger partial charge in [-0.15, -0.1) is 0 Å². The average molecular weight is 402 g/mol. The smallest absolute Gasteiger partial charge is 0.337 e. The molecule has 1 N–H and O–H groups in total. The van der Waals surface area contributed by atoms with Crippen molar-refractivity contribution < 1.29 is 19.4 Å². The van der Waals surface area contributed by atoms with Gasteiger partial charge in [0.15, 0.2) is 0 Å². The number of rotatable bonds is 3. The number of hydrogen-bond donors (Lipinski definition) is 1. The number of esters is 1. The maximum absolute atomic E-state index is 13.0. The molecule has 1 amide bonds. The lowest BCUT2D eigenvalue weighted by molar-refractivity contribution is -0.0249. The molecule has 0 spiro atoms. The summed E-state index contributed by atoms with van der Waals surface area (Å²) in [5.41, 5.74) is 1.03. The molecule has 158 valence electrons. The zero-order valence-electron chi connectivity index (χ0n) is 17.3. The highest BCUT2D eigenvalue weighted by Crippen LogP contribution is 2.39. The summed E-state index contributed by atoms with van der Waals surface area (Å²) in [6.07, 6.45) is 1.42. The topological polar surface area (TPSA) is 73.3 Å². The molecular weight excluding hydrogens is 370 g/mol. The highest BCUT2D eigenvalue weighted by Gasteiger charge is 2.44. The van der Waals surface area contributed by atoms with Gasteiger partial charge in [-0.3, -0.25) is 9.69 Å². The Morgan fingerprint density at radius 2 is 1.55 bits per heavy atom. The minimum Gasteiger partial charge on any atom is -0.465 e. The van der Waals surface area contributed by atoms with Gasteiger partial charge < -0.3 is 19.6 Å². The van der Waals surface area contributed by atoms with Crippen LogP contribution in [0.25, 0.3) is 0 Å². The molecule has 1 saturated carbocycles. The lowest BCUT2D eigenvalue weighted by Crippen LogP contribution is -2.55. The average Bonchev–Trinajstić information content (AvgIpc) is 3.15. The van der Waals surface area contributed by atoms with E-state index in [1.165, 1.54) is 7.11 Å². The van der Waals surface area contributed by atoms with Crippen molar-refractivity contribution in [3.63, 3.8) is 0 Å². The number of amides is 1. The number of nitrogens with zero attached hydrogens (tertiary/aromatic N) is 3. The Morgan fingerprint density at radius 1 is 0.966 bits per heavy atom. The van der Waals surface area contributed by atoms with Crippen LogP contribution in [0.4, 0.5) is 0 Å². The molecule has 3 fully saturated rings. The van der Waals surface area contributed by atoms with E-state index in [4.69, 9.17) is 4.74 Å². The van der Waals surface area contributed by atoms with Crippen molar-refractivity contribution in [1.82, 2.24) is 14.7 Å². The van der Waals surface area contributed by atoms with Crippen LogP contribution in [0.5, 0.6) is 0 Å². The first kappa shape index (κ1) is 20.3. The molecule has 0 unspecified atom stereocenters. The normalized spacial score (nSPS) is 30.8. The molecule has 0 bridgehead atoms. The van der Waals surface area contributed by atoms with Gasteiger partial charge in [-0.25, -0.2) is 4.79 Å². The monoisotopic (exact) mass is 401 g/mol. The number of aliphatic hydroxyl groups excluding tert-OH is 1. The third-order valence-corrected chi connectivity index (χ3v) is 6.96. The van der Waals surface area contributed by atoms with Crippen LogP contribution >= 0.6 is 0 Å². The first-order chi connectivity index (χ1) is 14.0. The van der Waals surface area contributed by atoms with Crippen LogP contribution in [0.2, 0.25) is 0 Å². The molecule has 1 aromatic carbocycles. The van der Waals surface area contributed by atoms with Crippen molar-refractivity contribution in [3.8, 4) is 0 Å². The Kier molecular flexibility index (Phi) is 5.90. The Balaban J connectivity index is 1.39. The Hall–Kier alpha value is -1.96. The zero-order valence-corrected chi connectivity index (χ0v) is 17.3. The molecule has 1 aromatic rings. The van der Waals surface area contributed by atoms with Crippen molar-refractivity contribution >= 4 is 11.9 Å². The number of likely N-dealkylation sites (tertiary alicyclic amines) is 1. The van der Waals surface area contributed by atoms with Gasteiger partial charge in [0.25, 0.3) is 5.91 Å². The summed E-state index contributed by atoms with van der Waals surface area (Å²) in [6, 6.07) is 6.86. The van der Waals surface area contributed by atoms with E-state index in [9.17, 15) is 14.7 Å². The molecule has 3 aliphatic rings. The summed E-state index contributed by atoms with van der Waals surface area (Å²) in [4.78, 5) is 31.2. The molecule has 7 heteroatoms. The van der Waals surface area contributed by atoms with Gasteiger partial charge in [0.1, 0.15) is 0 Å². The molecule has 2 aliphatic heterocycles. The molecule has 0 aromatic heterocycles. The maximum atomic E-state index is 13.0. The van der Waals surface area contributed by atoms with E-state index in [2.05, 4.69) is 16.8 Å². The second-order valence-corrected chi connectivity index (χ2v) is 8.74. The number of likely N-dealkylation sites (N-methyl/N-ethyl adjacent to an activating group) is 1. The van der Waals surface area contributed by atoms with Crippen LogP contribution in [0.3, 0.4) is 0 Å². The number of ether oxygens (including phenoxy) is 1. The highest BCUT2D eigenvalue weighted by molar-refractivity contribution is 5.96. The maximum Gasteiger partial charge on any atom is 0.337 e. The predicted molar refractivity (Wildman–Crippen MR) is 109 cm³/mol. The van der Waals surface area contributed by atoms with Gasteiger partial charge in [0.05, 0.1) is 18.8 Å². The summed E-state index contributed by atoms with van der Waals surface area (Å²) < 4.78 is 4.71. The number of fused-ring (bicyclic) bond motifs is 1. The summed E-state index contributed by atoms with van der Waals surface area (Å²) in [6.45, 7) is 5.55. The van der Waals surface area contributed by atoms with Crippen LogP contribution in [0.1, 0.15) is 33.6 Å². The highest BCUT2D eigenvalue weighted by atomic mass is 16.5. The number of methoxy groups -OCH3 is 1. The van der Waals surface area contributed by atoms with E-state index >= 15 is 0 Å². The molecule has 4 atom stereocenters. The first-order valence-electron chi connectivity index (χ1n) is 10.5. The molecule has 2 saturated heterocycles. The van der Waals surface area contributed by atoms with Gasteiger partial charge in [-0.1, -0.05) is 0 Å². The zero-order chi connectivity index (χ0) is 20.5. The molecule has 2 heterocycles. The SMILES string of the molecule is COC(=O)c1ccc(C(=O)N2C[C@H]3C[C@@H](N4CCN(C)CC4)[C@H](O)C[C@H]3C2)cc1. The van der Waals surface area contributed by atoms with E-state index in [0.29, 0.717) is 29.5 Å². The molecule has 0 radical (unpaired) electrons. The number of carbonyl (C=O) groups excluding carboxylic acids is 2. The summed E-state index contributed by atoms with van der Waals surface area (Å²) >= 11 is 0. The number of benzene rings is 1. The van der Waals surface area contributed by atoms with E-state index < -0.39 is 5.97 Å². The fourth-order valence-corrected chi connectivity index (χ4v) is 5.17. The van der Waals surface area contributed by atoms with Gasteiger partial charge in [-0.05, 0) is 56.0 Å². The van der Waals surface area contributed by atoms with Gasteiger partial charge in [-0.2, -0.15) is 0 Å². The van der Waals surface area contributed by atoms with Gasteiger partial charge >= 0.3 is 5.97 Å². The second-order valence-electron chi connectivity index (χ2n) is 8.74. The fourth-order valence-electron chi connectivity index (χ4n) is 5.17. The first-order valence-corrected chi connectivity index (χ1v) is 10.5. The van der Waals surface area contributed by atoms with Gasteiger partial charge in [0.2, 0.25) is 0 Å². The van der Waals surface area contributed by atoms with E-state index in [-0.39, 0.29) is 18.1 Å². The Morgan fingerprint density at radius 3 is 2.17 bits per heavy atom. The lowest BCUT2D eigenvalue weighted by atomic mass is 9.77. The summed E-state index contributed by atoms with van der Waals surface area (Å²) in [5.74, 6) is 0.412.